The van der Waals surface area contributed by atoms with Crippen LogP contribution in [-0.2, 0) is 6.42 Å². The number of benzene rings is 1. The predicted octanol–water partition coefficient (Wildman–Crippen LogP) is 3.12. The van der Waals surface area contributed by atoms with Gasteiger partial charge in [-0.15, -0.1) is 0 Å². The smallest absolute Gasteiger partial charge is 0.327 e. The molecular weight excluding hydrogens is 258 g/mol. The topological polar surface area (TPSA) is 68.3 Å². The summed E-state index contributed by atoms with van der Waals surface area (Å²) in [5.74, 6) is -1.40. The van der Waals surface area contributed by atoms with Crippen molar-refractivity contribution in [2.75, 3.05) is 11.9 Å². The number of nitrogens with zero attached hydrogens (tertiary/aromatic N) is 1. The Balaban J connectivity index is 2.12. The minimum atomic E-state index is -1.20. The third-order valence-electron chi connectivity index (χ3n) is 2.48. The van der Waals surface area contributed by atoms with Crippen LogP contribution < -0.4 is 5.32 Å². The number of rotatable bonds is 5. The quantitative estimate of drug-likeness (QED) is 0.668. The van der Waals surface area contributed by atoms with Crippen LogP contribution in [0.5, 0.6) is 0 Å². The molecule has 0 radical (unpaired) electrons. The van der Waals surface area contributed by atoms with Crippen molar-refractivity contribution in [1.82, 2.24) is 0 Å². The zero-order valence-corrected chi connectivity index (χ0v) is 9.73. The molecule has 2 aromatic rings. The van der Waals surface area contributed by atoms with Gasteiger partial charge in [-0.3, -0.25) is 10.1 Å². The molecule has 0 unspecified atom stereocenters. The lowest BCUT2D eigenvalue weighted by Crippen LogP contribution is -2.08. The van der Waals surface area contributed by atoms with Crippen LogP contribution in [0.2, 0.25) is 0 Å². The largest absolute Gasteiger partial charge is 0.469 e. The lowest BCUT2D eigenvalue weighted by atomic mass is 10.2. The zero-order valence-electron chi connectivity index (χ0n) is 9.73. The summed E-state index contributed by atoms with van der Waals surface area (Å²) in [6, 6.07) is 4.82. The standard InChI is InChI=1S/C12H10F2N2O3/c13-8-6-10(14)12(16(17)18)11(7-8)15-4-3-9-2-1-5-19-9/h1-2,5-7,15H,3-4H2. The van der Waals surface area contributed by atoms with Crippen molar-refractivity contribution >= 4 is 11.4 Å². The van der Waals surface area contributed by atoms with Crippen LogP contribution in [0.4, 0.5) is 20.2 Å². The van der Waals surface area contributed by atoms with Gasteiger partial charge in [0.15, 0.2) is 0 Å². The van der Waals surface area contributed by atoms with Crippen LogP contribution in [0.3, 0.4) is 0 Å². The van der Waals surface area contributed by atoms with Crippen molar-refractivity contribution in [2.24, 2.45) is 0 Å². The number of furan rings is 1. The van der Waals surface area contributed by atoms with E-state index < -0.39 is 22.2 Å². The van der Waals surface area contributed by atoms with Gasteiger partial charge in [0.1, 0.15) is 17.3 Å². The minimum absolute atomic E-state index is 0.186. The van der Waals surface area contributed by atoms with Crippen molar-refractivity contribution in [1.29, 1.82) is 0 Å². The van der Waals surface area contributed by atoms with Crippen molar-refractivity contribution in [3.8, 4) is 0 Å². The number of hydrogen-bond acceptors (Lipinski definition) is 4. The average molecular weight is 268 g/mol. The molecule has 2 rings (SSSR count). The molecule has 0 fully saturated rings. The molecule has 1 heterocycles. The highest BCUT2D eigenvalue weighted by Crippen LogP contribution is 2.28. The van der Waals surface area contributed by atoms with E-state index in [-0.39, 0.29) is 12.2 Å². The number of halogens is 2. The number of anilines is 1. The van der Waals surface area contributed by atoms with Crippen LogP contribution in [0.15, 0.2) is 34.9 Å². The van der Waals surface area contributed by atoms with E-state index in [2.05, 4.69) is 5.32 Å². The zero-order chi connectivity index (χ0) is 13.8. The summed E-state index contributed by atoms with van der Waals surface area (Å²) in [5.41, 5.74) is -0.949. The molecule has 19 heavy (non-hydrogen) atoms. The highest BCUT2D eigenvalue weighted by molar-refractivity contribution is 5.62. The van der Waals surface area contributed by atoms with Crippen LogP contribution in [0.25, 0.3) is 0 Å². The molecule has 5 nitrogen and oxygen atoms in total. The fourth-order valence-electron chi connectivity index (χ4n) is 1.66. The molecule has 0 aliphatic heterocycles. The minimum Gasteiger partial charge on any atom is -0.469 e. The average Bonchev–Trinajstić information content (AvgIpc) is 2.80. The van der Waals surface area contributed by atoms with Gasteiger partial charge in [0.2, 0.25) is 5.82 Å². The van der Waals surface area contributed by atoms with E-state index in [1.54, 1.807) is 12.1 Å². The molecule has 0 spiro atoms. The molecule has 1 aromatic heterocycles. The highest BCUT2D eigenvalue weighted by atomic mass is 19.1. The Kier molecular flexibility index (Phi) is 3.74. The van der Waals surface area contributed by atoms with Gasteiger partial charge < -0.3 is 9.73 Å². The lowest BCUT2D eigenvalue weighted by molar-refractivity contribution is -0.386. The Labute approximate surface area is 107 Å². The number of nitro groups is 1. The first kappa shape index (κ1) is 13.0. The Morgan fingerprint density at radius 2 is 2.16 bits per heavy atom. The van der Waals surface area contributed by atoms with E-state index in [4.69, 9.17) is 4.42 Å². The molecule has 0 aliphatic rings. The van der Waals surface area contributed by atoms with E-state index in [1.807, 2.05) is 0 Å². The maximum atomic E-state index is 13.3. The summed E-state index contributed by atoms with van der Waals surface area (Å²) < 4.78 is 31.4. The van der Waals surface area contributed by atoms with Crippen molar-refractivity contribution in [3.63, 3.8) is 0 Å². The van der Waals surface area contributed by atoms with Gasteiger partial charge in [-0.25, -0.2) is 4.39 Å². The summed E-state index contributed by atoms with van der Waals surface area (Å²) in [6.07, 6.45) is 1.95. The summed E-state index contributed by atoms with van der Waals surface area (Å²) >= 11 is 0. The normalized spacial score (nSPS) is 10.4. The second-order valence-electron chi connectivity index (χ2n) is 3.80. The van der Waals surface area contributed by atoms with Gasteiger partial charge >= 0.3 is 5.69 Å². The lowest BCUT2D eigenvalue weighted by Gasteiger charge is -2.07. The van der Waals surface area contributed by atoms with E-state index >= 15 is 0 Å². The van der Waals surface area contributed by atoms with E-state index in [9.17, 15) is 18.9 Å². The number of hydrogen-bond donors (Lipinski definition) is 1. The van der Waals surface area contributed by atoms with E-state index in [0.717, 1.165) is 6.07 Å². The Bertz CT molecular complexity index is 585. The first-order valence-electron chi connectivity index (χ1n) is 5.47. The van der Waals surface area contributed by atoms with Gasteiger partial charge in [0, 0.05) is 25.1 Å². The van der Waals surface area contributed by atoms with E-state index in [0.29, 0.717) is 18.2 Å². The molecule has 0 atom stereocenters. The molecule has 1 aromatic carbocycles. The van der Waals surface area contributed by atoms with Crippen LogP contribution in [0, 0.1) is 21.7 Å². The van der Waals surface area contributed by atoms with Crippen LogP contribution >= 0.6 is 0 Å². The van der Waals surface area contributed by atoms with Crippen molar-refractivity contribution in [3.05, 3.63) is 58.0 Å². The van der Waals surface area contributed by atoms with Gasteiger partial charge in [0.25, 0.3) is 0 Å². The fourth-order valence-corrected chi connectivity index (χ4v) is 1.66. The first-order valence-corrected chi connectivity index (χ1v) is 5.47. The molecule has 0 amide bonds. The Morgan fingerprint density at radius 3 is 2.79 bits per heavy atom. The molecule has 1 N–H and O–H groups in total. The second-order valence-corrected chi connectivity index (χ2v) is 3.80. The molecule has 100 valence electrons. The SMILES string of the molecule is O=[N+]([O-])c1c(F)cc(F)cc1NCCc1ccco1. The van der Waals surface area contributed by atoms with Crippen molar-refractivity contribution < 1.29 is 18.1 Å². The molecular formula is C12H10F2N2O3. The maximum Gasteiger partial charge on any atom is 0.327 e. The Morgan fingerprint density at radius 1 is 1.37 bits per heavy atom. The molecule has 7 heteroatoms. The first-order chi connectivity index (χ1) is 9.08. The number of nitro benzene ring substituents is 1. The highest BCUT2D eigenvalue weighted by Gasteiger charge is 2.21. The van der Waals surface area contributed by atoms with Crippen LogP contribution in [0.1, 0.15) is 5.76 Å². The predicted molar refractivity (Wildman–Crippen MR) is 63.9 cm³/mol. The number of nitrogens with one attached hydrogen (secondary N) is 1. The third kappa shape index (κ3) is 3.06. The summed E-state index contributed by atoms with van der Waals surface area (Å²) in [7, 11) is 0. The maximum absolute atomic E-state index is 13.3. The van der Waals surface area contributed by atoms with Gasteiger partial charge in [-0.05, 0) is 12.1 Å². The Hall–Kier alpha value is -2.44. The summed E-state index contributed by atoms with van der Waals surface area (Å²) in [4.78, 5) is 9.85. The molecule has 0 bridgehead atoms. The molecule has 0 saturated carbocycles. The fraction of sp³-hybridized carbons (Fsp3) is 0.167. The van der Waals surface area contributed by atoms with Gasteiger partial charge in [0.05, 0.1) is 11.2 Å². The third-order valence-corrected chi connectivity index (χ3v) is 2.48. The van der Waals surface area contributed by atoms with Gasteiger partial charge in [-0.1, -0.05) is 0 Å². The van der Waals surface area contributed by atoms with Crippen molar-refractivity contribution in [2.45, 2.75) is 6.42 Å². The monoisotopic (exact) mass is 268 g/mol. The summed E-state index contributed by atoms with van der Waals surface area (Å²) in [5, 5.41) is 13.4. The van der Waals surface area contributed by atoms with Crippen LogP contribution in [-0.4, -0.2) is 11.5 Å². The van der Waals surface area contributed by atoms with Gasteiger partial charge in [-0.2, -0.15) is 4.39 Å². The summed E-state index contributed by atoms with van der Waals surface area (Å²) in [6.45, 7) is 0.261. The van der Waals surface area contributed by atoms with E-state index in [1.165, 1.54) is 6.26 Å². The molecule has 0 aliphatic carbocycles. The second kappa shape index (κ2) is 5.47. The molecule has 0 saturated heterocycles.